The van der Waals surface area contributed by atoms with Crippen molar-refractivity contribution in [2.75, 3.05) is 0 Å². The third-order valence-electron chi connectivity index (χ3n) is 4.23. The van der Waals surface area contributed by atoms with Crippen molar-refractivity contribution in [2.45, 2.75) is 45.8 Å². The molecular weight excluding hydrogens is 345 g/mol. The van der Waals surface area contributed by atoms with E-state index in [1.165, 1.54) is 0 Å². The van der Waals surface area contributed by atoms with Crippen LogP contribution in [0.5, 0.6) is 0 Å². The van der Waals surface area contributed by atoms with Crippen LogP contribution in [0.25, 0.3) is 0 Å². The first-order valence-corrected chi connectivity index (χ1v) is 8.95. The van der Waals surface area contributed by atoms with Gasteiger partial charge < -0.3 is 9.47 Å². The van der Waals surface area contributed by atoms with Crippen molar-refractivity contribution in [3.8, 4) is 0 Å². The molecular formula is C18H21Cl2N3O. The molecule has 0 aliphatic heterocycles. The molecule has 1 aliphatic rings. The molecule has 1 heterocycles. The summed E-state index contributed by atoms with van der Waals surface area (Å²) in [5.74, 6) is 1.07. The summed E-state index contributed by atoms with van der Waals surface area (Å²) in [7, 11) is 0. The smallest absolute Gasteiger partial charge is 0.225 e. The van der Waals surface area contributed by atoms with Gasteiger partial charge in [0.05, 0.1) is 13.1 Å². The van der Waals surface area contributed by atoms with Gasteiger partial charge in [0.2, 0.25) is 5.91 Å². The predicted molar refractivity (Wildman–Crippen MR) is 96.2 cm³/mol. The van der Waals surface area contributed by atoms with E-state index in [-0.39, 0.29) is 11.8 Å². The third kappa shape index (κ3) is 3.93. The summed E-state index contributed by atoms with van der Waals surface area (Å²) in [5, 5.41) is 1.26. The van der Waals surface area contributed by atoms with Gasteiger partial charge in [-0.25, -0.2) is 4.98 Å². The van der Waals surface area contributed by atoms with E-state index < -0.39 is 0 Å². The van der Waals surface area contributed by atoms with E-state index in [1.807, 2.05) is 41.6 Å². The summed E-state index contributed by atoms with van der Waals surface area (Å²) in [4.78, 5) is 18.9. The Labute approximate surface area is 152 Å². The highest BCUT2D eigenvalue weighted by Gasteiger charge is 2.34. The maximum absolute atomic E-state index is 12.5. The van der Waals surface area contributed by atoms with E-state index in [0.29, 0.717) is 29.2 Å². The highest BCUT2D eigenvalue weighted by atomic mass is 35.5. The number of carbonyl (C=O) groups excluding carboxylic acids is 1. The molecule has 1 aliphatic carbocycles. The van der Waals surface area contributed by atoms with Gasteiger partial charge in [-0.3, -0.25) is 4.79 Å². The quantitative estimate of drug-likeness (QED) is 0.761. The van der Waals surface area contributed by atoms with Crippen molar-refractivity contribution in [3.05, 3.63) is 52.0 Å². The summed E-state index contributed by atoms with van der Waals surface area (Å²) >= 11 is 12.2. The van der Waals surface area contributed by atoms with Gasteiger partial charge in [-0.1, -0.05) is 43.1 Å². The monoisotopic (exact) mass is 365 g/mol. The summed E-state index contributed by atoms with van der Waals surface area (Å²) in [6.07, 6.45) is 5.86. The molecule has 0 radical (unpaired) electrons. The number of hydrogen-bond acceptors (Lipinski definition) is 2. The van der Waals surface area contributed by atoms with Crippen molar-refractivity contribution >= 4 is 29.1 Å². The first-order chi connectivity index (χ1) is 11.5. The molecule has 2 aromatic rings. The second kappa shape index (κ2) is 7.16. The van der Waals surface area contributed by atoms with Crippen LogP contribution >= 0.6 is 23.2 Å². The average Bonchev–Trinajstić information content (AvgIpc) is 3.28. The molecule has 0 saturated heterocycles. The highest BCUT2D eigenvalue weighted by molar-refractivity contribution is 6.35. The number of hydrogen-bond donors (Lipinski definition) is 0. The van der Waals surface area contributed by atoms with Crippen molar-refractivity contribution in [3.63, 3.8) is 0 Å². The van der Waals surface area contributed by atoms with Crippen molar-refractivity contribution in [1.82, 2.24) is 14.5 Å². The van der Waals surface area contributed by atoms with Gasteiger partial charge in [0, 0.05) is 34.4 Å². The summed E-state index contributed by atoms with van der Waals surface area (Å²) in [6, 6.07) is 5.86. The first kappa shape index (κ1) is 17.3. The van der Waals surface area contributed by atoms with Crippen LogP contribution in [0.4, 0.5) is 0 Å². The molecule has 0 bridgehead atoms. The standard InChI is InChI=1S/C18H21Cl2N3O/c1-12(2)18(24)23(15-5-6-15)11-17-21-7-8-22(17)10-13-3-4-14(19)9-16(13)20/h3-4,7-9,12,15H,5-6,10-11H2,1-2H3. The lowest BCUT2D eigenvalue weighted by molar-refractivity contribution is -0.135. The van der Waals surface area contributed by atoms with Gasteiger partial charge in [0.25, 0.3) is 0 Å². The zero-order chi connectivity index (χ0) is 17.3. The molecule has 0 spiro atoms. The Kier molecular flexibility index (Phi) is 5.16. The second-order valence-electron chi connectivity index (χ2n) is 6.56. The lowest BCUT2D eigenvalue weighted by Crippen LogP contribution is -2.36. The Morgan fingerprint density at radius 1 is 1.38 bits per heavy atom. The summed E-state index contributed by atoms with van der Waals surface area (Å²) in [6.45, 7) is 5.04. The minimum atomic E-state index is -0.000257. The normalized spacial score (nSPS) is 14.2. The van der Waals surface area contributed by atoms with Gasteiger partial charge in [0.15, 0.2) is 0 Å². The summed E-state index contributed by atoms with van der Waals surface area (Å²) < 4.78 is 2.04. The van der Waals surface area contributed by atoms with E-state index in [2.05, 4.69) is 4.98 Å². The number of aromatic nitrogens is 2. The minimum absolute atomic E-state index is 0.000257. The number of nitrogens with zero attached hydrogens (tertiary/aromatic N) is 3. The van der Waals surface area contributed by atoms with Crippen molar-refractivity contribution in [2.24, 2.45) is 5.92 Å². The van der Waals surface area contributed by atoms with Crippen LogP contribution in [-0.2, 0) is 17.9 Å². The third-order valence-corrected chi connectivity index (χ3v) is 4.82. The lowest BCUT2D eigenvalue weighted by atomic mass is 10.2. The van der Waals surface area contributed by atoms with Gasteiger partial charge in [-0.05, 0) is 30.5 Å². The molecule has 1 amide bonds. The van der Waals surface area contributed by atoms with Crippen LogP contribution in [0, 0.1) is 5.92 Å². The molecule has 128 valence electrons. The molecule has 3 rings (SSSR count). The Morgan fingerprint density at radius 3 is 2.75 bits per heavy atom. The van der Waals surface area contributed by atoms with Crippen LogP contribution in [0.15, 0.2) is 30.6 Å². The van der Waals surface area contributed by atoms with Gasteiger partial charge in [-0.15, -0.1) is 0 Å². The Hall–Kier alpha value is -1.52. The zero-order valence-corrected chi connectivity index (χ0v) is 15.4. The Bertz CT molecular complexity index is 738. The maximum atomic E-state index is 12.5. The topological polar surface area (TPSA) is 38.1 Å². The molecule has 1 aromatic heterocycles. The zero-order valence-electron chi connectivity index (χ0n) is 13.9. The number of halogens is 2. The van der Waals surface area contributed by atoms with Crippen molar-refractivity contribution < 1.29 is 4.79 Å². The SMILES string of the molecule is CC(C)C(=O)N(Cc1nccn1Cc1ccc(Cl)cc1Cl)C1CC1. The Morgan fingerprint density at radius 2 is 2.12 bits per heavy atom. The van der Waals surface area contributed by atoms with Crippen LogP contribution < -0.4 is 0 Å². The fourth-order valence-corrected chi connectivity index (χ4v) is 3.19. The Balaban J connectivity index is 1.78. The maximum Gasteiger partial charge on any atom is 0.225 e. The number of imidazole rings is 1. The number of carbonyl (C=O) groups is 1. The lowest BCUT2D eigenvalue weighted by Gasteiger charge is -2.24. The van der Waals surface area contributed by atoms with Crippen LogP contribution in [0.2, 0.25) is 10.0 Å². The van der Waals surface area contributed by atoms with E-state index >= 15 is 0 Å². The van der Waals surface area contributed by atoms with Crippen molar-refractivity contribution in [1.29, 1.82) is 0 Å². The summed E-state index contributed by atoms with van der Waals surface area (Å²) in [5.41, 5.74) is 0.980. The fourth-order valence-electron chi connectivity index (χ4n) is 2.73. The molecule has 0 unspecified atom stereocenters. The predicted octanol–water partition coefficient (Wildman–Crippen LogP) is 4.39. The van der Waals surface area contributed by atoms with Gasteiger partial charge in [-0.2, -0.15) is 0 Å². The molecule has 4 nitrogen and oxygen atoms in total. The molecule has 0 N–H and O–H groups in total. The molecule has 24 heavy (non-hydrogen) atoms. The van der Waals surface area contributed by atoms with E-state index in [9.17, 15) is 4.79 Å². The average molecular weight is 366 g/mol. The molecule has 1 fully saturated rings. The molecule has 6 heteroatoms. The number of rotatable bonds is 6. The number of amides is 1. The molecule has 1 aromatic carbocycles. The number of benzene rings is 1. The highest BCUT2D eigenvalue weighted by Crippen LogP contribution is 2.30. The van der Waals surface area contributed by atoms with E-state index in [0.717, 1.165) is 24.2 Å². The van der Waals surface area contributed by atoms with E-state index in [4.69, 9.17) is 23.2 Å². The molecule has 1 saturated carbocycles. The second-order valence-corrected chi connectivity index (χ2v) is 7.40. The van der Waals surface area contributed by atoms with E-state index in [1.54, 1.807) is 12.3 Å². The molecule has 0 atom stereocenters. The van der Waals surface area contributed by atoms with Crippen LogP contribution in [0.1, 0.15) is 38.1 Å². The fraction of sp³-hybridized carbons (Fsp3) is 0.444. The van der Waals surface area contributed by atoms with Crippen LogP contribution in [0.3, 0.4) is 0 Å². The van der Waals surface area contributed by atoms with Gasteiger partial charge >= 0.3 is 0 Å². The van der Waals surface area contributed by atoms with Gasteiger partial charge in [0.1, 0.15) is 5.82 Å². The minimum Gasteiger partial charge on any atom is -0.332 e. The first-order valence-electron chi connectivity index (χ1n) is 8.20. The van der Waals surface area contributed by atoms with Crippen LogP contribution in [-0.4, -0.2) is 26.4 Å². The largest absolute Gasteiger partial charge is 0.332 e.